The summed E-state index contributed by atoms with van der Waals surface area (Å²) in [5.41, 5.74) is 6.90. The van der Waals surface area contributed by atoms with E-state index >= 15 is 0 Å². The molecule has 1 aromatic heterocycles. The Morgan fingerprint density at radius 1 is 0.836 bits per heavy atom. The summed E-state index contributed by atoms with van der Waals surface area (Å²) >= 11 is 8.01. The molecule has 0 amide bonds. The summed E-state index contributed by atoms with van der Waals surface area (Å²) in [6.45, 7) is 12.4. The van der Waals surface area contributed by atoms with Gasteiger partial charge in [0.2, 0.25) is 0 Å². The van der Waals surface area contributed by atoms with Crippen molar-refractivity contribution < 1.29 is 27.5 Å². The molecule has 386 valence electrons. The van der Waals surface area contributed by atoms with E-state index in [1.54, 1.807) is 28.6 Å². The van der Waals surface area contributed by atoms with Crippen molar-refractivity contribution in [2.24, 2.45) is 5.92 Å². The topological polar surface area (TPSA) is 154 Å². The number of nitrogens with one attached hydrogen (secondary N) is 1. The van der Waals surface area contributed by atoms with Crippen molar-refractivity contribution in [3.63, 3.8) is 0 Å². The van der Waals surface area contributed by atoms with Crippen LogP contribution in [0.3, 0.4) is 0 Å². The SMILES string of the molecule is Cc1c(S(C)(=O)=O)c(-c2cccc(N3CCN(c4ccc(N5CCO[P@]5(=O)c5ccc(N[C@H](CCN6CCC(CO)CC6)CSc6ccccc6)c([N+](=O)[O-])c5)cc4)CC3)c2)c(-c2ccc(Cl)cc2)n1C(C)C. The highest BCUT2D eigenvalue weighted by molar-refractivity contribution is 7.99. The number of nitro groups is 1. The van der Waals surface area contributed by atoms with Gasteiger partial charge in [0, 0.05) is 108 Å². The molecule has 5 aromatic carbocycles. The van der Waals surface area contributed by atoms with Crippen LogP contribution >= 0.6 is 30.9 Å². The zero-order valence-corrected chi connectivity index (χ0v) is 45.2. The molecule has 3 fully saturated rings. The molecule has 9 rings (SSSR count). The van der Waals surface area contributed by atoms with Gasteiger partial charge in [-0.1, -0.05) is 54.1 Å². The van der Waals surface area contributed by atoms with Crippen molar-refractivity contribution in [2.45, 2.75) is 61.9 Å². The predicted molar refractivity (Wildman–Crippen MR) is 298 cm³/mol. The fourth-order valence-corrected chi connectivity index (χ4v) is 15.2. The Balaban J connectivity index is 0.888. The lowest BCUT2D eigenvalue weighted by Crippen LogP contribution is -2.46. The monoisotopic (exact) mass is 1070 g/mol. The van der Waals surface area contributed by atoms with E-state index in [4.69, 9.17) is 16.1 Å². The fourth-order valence-electron chi connectivity index (χ4n) is 10.6. The van der Waals surface area contributed by atoms with Gasteiger partial charge in [-0.3, -0.25) is 19.3 Å². The number of halogens is 1. The number of likely N-dealkylation sites (tertiary alicyclic amines) is 1. The van der Waals surface area contributed by atoms with Crippen LogP contribution in [-0.4, -0.2) is 112 Å². The number of nitro benzene ring substituents is 1. The number of nitrogens with zero attached hydrogens (tertiary/aromatic N) is 6. The van der Waals surface area contributed by atoms with Gasteiger partial charge in [0.25, 0.3) is 5.69 Å². The van der Waals surface area contributed by atoms with Gasteiger partial charge in [0.15, 0.2) is 9.84 Å². The smallest absolute Gasteiger partial charge is 0.326 e. The molecule has 73 heavy (non-hydrogen) atoms. The van der Waals surface area contributed by atoms with Gasteiger partial charge in [0.1, 0.15) is 5.69 Å². The second-order valence-corrected chi connectivity index (χ2v) is 25.4. The van der Waals surface area contributed by atoms with Crippen molar-refractivity contribution in [3.8, 4) is 22.4 Å². The largest absolute Gasteiger partial charge is 0.396 e. The van der Waals surface area contributed by atoms with E-state index in [9.17, 15) is 28.2 Å². The summed E-state index contributed by atoms with van der Waals surface area (Å²) in [5.74, 6) is 1.04. The Bertz CT molecular complexity index is 3050. The minimum Gasteiger partial charge on any atom is -0.396 e. The van der Waals surface area contributed by atoms with Crippen LogP contribution in [0.1, 0.15) is 44.8 Å². The molecule has 6 aromatic rings. The maximum absolute atomic E-state index is 14.9. The van der Waals surface area contributed by atoms with Gasteiger partial charge in [-0.25, -0.2) is 8.42 Å². The predicted octanol–water partition coefficient (Wildman–Crippen LogP) is 11.0. The summed E-state index contributed by atoms with van der Waals surface area (Å²) < 4.78 is 51.9. The molecule has 0 aliphatic carbocycles. The van der Waals surface area contributed by atoms with Gasteiger partial charge >= 0.3 is 7.52 Å². The average Bonchev–Trinajstić information content (AvgIpc) is 3.96. The quantitative estimate of drug-likeness (QED) is 0.0364. The molecule has 3 saturated heterocycles. The number of thioether (sulfide) groups is 1. The Kier molecular flexibility index (Phi) is 16.3. The molecular weight excluding hydrogens is 1000 g/mol. The molecule has 0 saturated carbocycles. The number of piperazine rings is 1. The van der Waals surface area contributed by atoms with Crippen LogP contribution in [0.5, 0.6) is 0 Å². The first kappa shape index (κ1) is 52.5. The summed E-state index contributed by atoms with van der Waals surface area (Å²) in [6.07, 6.45) is 3.97. The standard InChI is InChI=1S/C55H65ClN7O7PS2/c1-39(2)62-40(3)55(73(4,68)69)53(54(62)42-13-15-44(56)16-14-42)43-9-8-10-48(35-43)60-31-29-59(30-32-60)46-17-19-47(20-18-46)61-33-34-70-71(61,67)49-21-22-51(52(36-49)63(65)66)57-45(38-72-50-11-6-5-7-12-50)25-28-58-26-23-41(37-64)24-27-58/h5-22,35-36,39,41,45,57,64H,23-34,37-38H2,1-4H3/t45-,71-/m1/s1. The fraction of sp³-hybridized carbons (Fsp3) is 0.382. The minimum absolute atomic E-state index is 0.0000585. The first-order valence-corrected chi connectivity index (χ1v) is 29.9. The molecule has 0 spiro atoms. The van der Waals surface area contributed by atoms with E-state index in [0.717, 1.165) is 98.2 Å². The molecule has 0 unspecified atom stereocenters. The number of aromatic nitrogens is 1. The van der Waals surface area contributed by atoms with Crippen LogP contribution in [0.2, 0.25) is 5.02 Å². The van der Waals surface area contributed by atoms with E-state index < -0.39 is 22.3 Å². The Morgan fingerprint density at radius 3 is 2.15 bits per heavy atom. The summed E-state index contributed by atoms with van der Waals surface area (Å²) in [6, 6.07) is 38.5. The van der Waals surface area contributed by atoms with Crippen molar-refractivity contribution >= 4 is 74.5 Å². The second kappa shape index (κ2) is 22.7. The molecule has 0 radical (unpaired) electrons. The van der Waals surface area contributed by atoms with Crippen LogP contribution in [0.15, 0.2) is 131 Å². The van der Waals surface area contributed by atoms with Crippen molar-refractivity contribution in [1.29, 1.82) is 0 Å². The number of piperidine rings is 1. The van der Waals surface area contributed by atoms with Crippen LogP contribution in [0.25, 0.3) is 22.4 Å². The van der Waals surface area contributed by atoms with Crippen molar-refractivity contribution in [2.75, 3.05) is 97.4 Å². The normalized spacial score (nSPS) is 18.4. The molecule has 2 atom stereocenters. The first-order chi connectivity index (χ1) is 35.1. The maximum atomic E-state index is 14.9. The number of hydrogen-bond acceptors (Lipinski definition) is 12. The number of anilines is 4. The summed E-state index contributed by atoms with van der Waals surface area (Å²) in [7, 11) is -7.33. The van der Waals surface area contributed by atoms with Crippen LogP contribution < -0.4 is 25.1 Å². The lowest BCUT2D eigenvalue weighted by molar-refractivity contribution is -0.383. The number of aliphatic hydroxyl groups excluding tert-OH is 1. The number of rotatable bonds is 18. The number of benzene rings is 5. The van der Waals surface area contributed by atoms with Crippen LogP contribution in [0.4, 0.5) is 28.4 Å². The first-order valence-electron chi connectivity index (χ1n) is 25.1. The molecule has 0 bridgehead atoms. The zero-order valence-electron chi connectivity index (χ0n) is 41.9. The van der Waals surface area contributed by atoms with E-state index in [1.807, 2.05) is 85.8 Å². The lowest BCUT2D eigenvalue weighted by Gasteiger charge is -2.37. The minimum atomic E-state index is -3.71. The number of aliphatic hydroxyl groups is 1. The van der Waals surface area contributed by atoms with E-state index in [-0.39, 0.29) is 36.3 Å². The van der Waals surface area contributed by atoms with Crippen LogP contribution in [0, 0.1) is 23.0 Å². The second-order valence-electron chi connectivity index (χ2n) is 19.6. The third-order valence-electron chi connectivity index (χ3n) is 14.4. The highest BCUT2D eigenvalue weighted by Crippen LogP contribution is 2.56. The van der Waals surface area contributed by atoms with Gasteiger partial charge in [-0.2, -0.15) is 0 Å². The molecule has 2 N–H and O–H groups in total. The zero-order chi connectivity index (χ0) is 51.4. The third kappa shape index (κ3) is 11.7. The van der Waals surface area contributed by atoms with Gasteiger partial charge in [-0.05, 0) is 143 Å². The molecule has 14 nitrogen and oxygen atoms in total. The van der Waals surface area contributed by atoms with Gasteiger partial charge in [0.05, 0.1) is 34.0 Å². The number of sulfone groups is 1. The Labute approximate surface area is 438 Å². The third-order valence-corrected chi connectivity index (χ3v) is 19.6. The highest BCUT2D eigenvalue weighted by atomic mass is 35.5. The lowest BCUT2D eigenvalue weighted by atomic mass is 9.97. The van der Waals surface area contributed by atoms with Gasteiger partial charge < -0.3 is 34.2 Å². The molecule has 4 heterocycles. The van der Waals surface area contributed by atoms with Crippen molar-refractivity contribution in [3.05, 3.63) is 142 Å². The molecular formula is C55H65ClN7O7PS2. The maximum Gasteiger partial charge on any atom is 0.326 e. The number of hydrogen-bond donors (Lipinski definition) is 2. The van der Waals surface area contributed by atoms with Gasteiger partial charge in [-0.15, -0.1) is 11.8 Å². The van der Waals surface area contributed by atoms with E-state index in [1.165, 1.54) is 12.3 Å². The van der Waals surface area contributed by atoms with Crippen molar-refractivity contribution in [1.82, 2.24) is 9.47 Å². The van der Waals surface area contributed by atoms with E-state index in [0.29, 0.717) is 50.8 Å². The van der Waals surface area contributed by atoms with E-state index in [2.05, 4.69) is 62.7 Å². The summed E-state index contributed by atoms with van der Waals surface area (Å²) in [4.78, 5) is 20.8. The average molecular weight is 1070 g/mol. The summed E-state index contributed by atoms with van der Waals surface area (Å²) in [5, 5.41) is 26.8. The Hall–Kier alpha value is -5.32. The molecule has 18 heteroatoms. The molecule has 3 aliphatic heterocycles. The Morgan fingerprint density at radius 2 is 1.51 bits per heavy atom. The molecule has 3 aliphatic rings. The highest BCUT2D eigenvalue weighted by Gasteiger charge is 2.41. The van der Waals surface area contributed by atoms with Crippen LogP contribution in [-0.2, 0) is 18.9 Å².